The van der Waals surface area contributed by atoms with Crippen molar-refractivity contribution in [3.63, 3.8) is 0 Å². The van der Waals surface area contributed by atoms with Gasteiger partial charge in [-0.25, -0.2) is 4.98 Å². The zero-order valence-corrected chi connectivity index (χ0v) is 10.9. The molecule has 0 aliphatic carbocycles. The highest BCUT2D eigenvalue weighted by atomic mass is 35.5. The van der Waals surface area contributed by atoms with Crippen molar-refractivity contribution >= 4 is 23.4 Å². The molecule has 0 aromatic carbocycles. The molecule has 0 spiro atoms. The van der Waals surface area contributed by atoms with Gasteiger partial charge >= 0.3 is 0 Å². The molecule has 2 heterocycles. The first-order valence-corrected chi connectivity index (χ1v) is 6.00. The number of nitrogens with two attached hydrogens (primary N) is 1. The van der Waals surface area contributed by atoms with Crippen molar-refractivity contribution in [2.24, 2.45) is 0 Å². The summed E-state index contributed by atoms with van der Waals surface area (Å²) in [6, 6.07) is 0. The molecule has 0 bridgehead atoms. The van der Waals surface area contributed by atoms with Crippen molar-refractivity contribution in [1.82, 2.24) is 9.97 Å². The predicted molar refractivity (Wildman–Crippen MR) is 68.3 cm³/mol. The Labute approximate surface area is 106 Å². The van der Waals surface area contributed by atoms with Crippen LogP contribution in [-0.4, -0.2) is 35.8 Å². The highest BCUT2D eigenvalue weighted by Crippen LogP contribution is 2.30. The first-order chi connectivity index (χ1) is 8.04. The van der Waals surface area contributed by atoms with Gasteiger partial charge in [-0.2, -0.15) is 4.98 Å². The van der Waals surface area contributed by atoms with E-state index in [1.54, 1.807) is 7.11 Å². The molecule has 1 aromatic heterocycles. The van der Waals surface area contributed by atoms with Gasteiger partial charge in [-0.05, 0) is 19.8 Å². The third-order valence-corrected chi connectivity index (χ3v) is 3.46. The summed E-state index contributed by atoms with van der Waals surface area (Å²) in [6.45, 7) is 3.77. The van der Waals surface area contributed by atoms with Crippen LogP contribution in [0.25, 0.3) is 0 Å². The number of ether oxygens (including phenoxy) is 1. The number of nitrogens with zero attached hydrogens (tertiary/aromatic N) is 3. The maximum atomic E-state index is 6.10. The SMILES string of the molecule is COC1(C)CCCN(c2nc(N)ncc2Cl)C1. The second kappa shape index (κ2) is 4.66. The average molecular weight is 257 g/mol. The van der Waals surface area contributed by atoms with Crippen LogP contribution in [-0.2, 0) is 4.74 Å². The summed E-state index contributed by atoms with van der Waals surface area (Å²) >= 11 is 6.10. The molecule has 0 amide bonds. The molecule has 1 unspecified atom stereocenters. The zero-order chi connectivity index (χ0) is 12.5. The number of aromatic nitrogens is 2. The molecular weight excluding hydrogens is 240 g/mol. The van der Waals surface area contributed by atoms with Gasteiger partial charge in [0, 0.05) is 20.2 Å². The van der Waals surface area contributed by atoms with E-state index >= 15 is 0 Å². The second-order valence-corrected chi connectivity index (χ2v) is 4.99. The molecule has 1 aromatic rings. The van der Waals surface area contributed by atoms with Crippen LogP contribution in [0.4, 0.5) is 11.8 Å². The number of rotatable bonds is 2. The maximum Gasteiger partial charge on any atom is 0.222 e. The Hall–Kier alpha value is -1.07. The highest BCUT2D eigenvalue weighted by molar-refractivity contribution is 6.32. The molecule has 1 atom stereocenters. The number of piperidine rings is 1. The molecule has 1 aliphatic rings. The molecule has 6 heteroatoms. The van der Waals surface area contributed by atoms with Gasteiger partial charge in [-0.1, -0.05) is 11.6 Å². The summed E-state index contributed by atoms with van der Waals surface area (Å²) in [6.07, 6.45) is 3.63. The van der Waals surface area contributed by atoms with Crippen molar-refractivity contribution in [2.75, 3.05) is 30.8 Å². The molecule has 2 rings (SSSR count). The zero-order valence-electron chi connectivity index (χ0n) is 10.1. The lowest BCUT2D eigenvalue weighted by Gasteiger charge is -2.40. The Morgan fingerprint density at radius 1 is 1.59 bits per heavy atom. The van der Waals surface area contributed by atoms with Crippen LogP contribution >= 0.6 is 11.6 Å². The van der Waals surface area contributed by atoms with Gasteiger partial charge in [0.15, 0.2) is 5.82 Å². The number of hydrogen-bond donors (Lipinski definition) is 1. The van der Waals surface area contributed by atoms with Crippen LogP contribution in [0.15, 0.2) is 6.20 Å². The molecule has 1 aliphatic heterocycles. The fraction of sp³-hybridized carbons (Fsp3) is 0.636. The standard InChI is InChI=1S/C11H17ClN4O/c1-11(17-2)4-3-5-16(7-11)9-8(12)6-14-10(13)15-9/h6H,3-5,7H2,1-2H3,(H2,13,14,15). The molecule has 0 radical (unpaired) electrons. The average Bonchev–Trinajstić information content (AvgIpc) is 2.32. The molecule has 1 saturated heterocycles. The summed E-state index contributed by atoms with van der Waals surface area (Å²) in [5.74, 6) is 0.941. The Bertz CT molecular complexity index is 414. The van der Waals surface area contributed by atoms with Crippen molar-refractivity contribution in [2.45, 2.75) is 25.4 Å². The summed E-state index contributed by atoms with van der Waals surface area (Å²) in [7, 11) is 1.74. The largest absolute Gasteiger partial charge is 0.377 e. The fourth-order valence-corrected chi connectivity index (χ4v) is 2.36. The molecular formula is C11H17ClN4O. The van der Waals surface area contributed by atoms with Crippen molar-refractivity contribution in [1.29, 1.82) is 0 Å². The Kier molecular flexibility index (Phi) is 3.40. The van der Waals surface area contributed by atoms with Gasteiger partial charge in [0.05, 0.1) is 11.8 Å². The number of halogens is 1. The van der Waals surface area contributed by atoms with E-state index in [1.807, 2.05) is 0 Å². The smallest absolute Gasteiger partial charge is 0.222 e. The first kappa shape index (κ1) is 12.4. The lowest BCUT2D eigenvalue weighted by molar-refractivity contribution is -0.00480. The fourth-order valence-electron chi connectivity index (χ4n) is 2.15. The van der Waals surface area contributed by atoms with Crippen LogP contribution in [0.1, 0.15) is 19.8 Å². The van der Waals surface area contributed by atoms with Crippen molar-refractivity contribution < 1.29 is 4.74 Å². The minimum absolute atomic E-state index is 0.151. The molecule has 5 nitrogen and oxygen atoms in total. The number of hydrogen-bond acceptors (Lipinski definition) is 5. The number of nitrogen functional groups attached to an aromatic ring is 1. The van der Waals surface area contributed by atoms with E-state index in [0.29, 0.717) is 10.8 Å². The monoisotopic (exact) mass is 256 g/mol. The third kappa shape index (κ3) is 2.61. The van der Waals surface area contributed by atoms with E-state index < -0.39 is 0 Å². The van der Waals surface area contributed by atoms with Gasteiger partial charge in [0.25, 0.3) is 0 Å². The molecule has 1 fully saturated rings. The van der Waals surface area contributed by atoms with Crippen molar-refractivity contribution in [3.05, 3.63) is 11.2 Å². The van der Waals surface area contributed by atoms with Gasteiger partial charge in [0.2, 0.25) is 5.95 Å². The van der Waals surface area contributed by atoms with Gasteiger partial charge in [-0.3, -0.25) is 0 Å². The maximum absolute atomic E-state index is 6.10. The van der Waals surface area contributed by atoms with Gasteiger partial charge in [-0.15, -0.1) is 0 Å². The van der Waals surface area contributed by atoms with E-state index in [1.165, 1.54) is 6.20 Å². The summed E-state index contributed by atoms with van der Waals surface area (Å²) in [4.78, 5) is 10.2. The molecule has 17 heavy (non-hydrogen) atoms. The summed E-state index contributed by atoms with van der Waals surface area (Å²) in [5, 5.41) is 0.527. The normalized spacial score (nSPS) is 25.0. The van der Waals surface area contributed by atoms with Crippen LogP contribution < -0.4 is 10.6 Å². The summed E-state index contributed by atoms with van der Waals surface area (Å²) in [5.41, 5.74) is 5.44. The molecule has 94 valence electrons. The number of anilines is 2. The Morgan fingerprint density at radius 2 is 2.35 bits per heavy atom. The minimum atomic E-state index is -0.151. The Morgan fingerprint density at radius 3 is 3.06 bits per heavy atom. The van der Waals surface area contributed by atoms with Crippen molar-refractivity contribution in [3.8, 4) is 0 Å². The van der Waals surface area contributed by atoms with Crippen LogP contribution in [0.5, 0.6) is 0 Å². The van der Waals surface area contributed by atoms with Gasteiger partial charge in [0.1, 0.15) is 5.02 Å². The van der Waals surface area contributed by atoms with E-state index in [2.05, 4.69) is 21.8 Å². The van der Waals surface area contributed by atoms with Crippen LogP contribution in [0, 0.1) is 0 Å². The van der Waals surface area contributed by atoms with E-state index in [4.69, 9.17) is 22.1 Å². The minimum Gasteiger partial charge on any atom is -0.377 e. The van der Waals surface area contributed by atoms with E-state index in [-0.39, 0.29) is 11.5 Å². The highest BCUT2D eigenvalue weighted by Gasteiger charge is 2.32. The van der Waals surface area contributed by atoms with E-state index in [0.717, 1.165) is 25.9 Å². The Balaban J connectivity index is 2.24. The van der Waals surface area contributed by atoms with Gasteiger partial charge < -0.3 is 15.4 Å². The lowest BCUT2D eigenvalue weighted by atomic mass is 9.95. The third-order valence-electron chi connectivity index (χ3n) is 3.20. The van der Waals surface area contributed by atoms with Crippen LogP contribution in [0.3, 0.4) is 0 Å². The molecule has 2 N–H and O–H groups in total. The summed E-state index contributed by atoms with van der Waals surface area (Å²) < 4.78 is 5.54. The quantitative estimate of drug-likeness (QED) is 0.873. The van der Waals surface area contributed by atoms with E-state index in [9.17, 15) is 0 Å². The second-order valence-electron chi connectivity index (χ2n) is 4.58. The predicted octanol–water partition coefficient (Wildman–Crippen LogP) is 1.72. The first-order valence-electron chi connectivity index (χ1n) is 5.62. The lowest BCUT2D eigenvalue weighted by Crippen LogP contribution is -2.47. The topological polar surface area (TPSA) is 64.3 Å². The molecule has 0 saturated carbocycles. The number of methoxy groups -OCH3 is 1. The van der Waals surface area contributed by atoms with Crippen LogP contribution in [0.2, 0.25) is 5.02 Å².